The molecule has 1 amide bonds. The fourth-order valence-corrected chi connectivity index (χ4v) is 3.58. The first-order chi connectivity index (χ1) is 11.9. The Morgan fingerprint density at radius 1 is 1.27 bits per heavy atom. The molecule has 0 bridgehead atoms. The maximum atomic E-state index is 11.9. The smallest absolute Gasteiger partial charge is 0.269 e. The topological polar surface area (TPSA) is 113 Å². The highest BCUT2D eigenvalue weighted by Gasteiger charge is 2.25. The number of nitro benzene ring substituents is 1. The van der Waals surface area contributed by atoms with Gasteiger partial charge in [-0.05, 0) is 5.56 Å². The zero-order valence-electron chi connectivity index (χ0n) is 13.9. The van der Waals surface area contributed by atoms with Crippen LogP contribution in [0.15, 0.2) is 24.3 Å². The Hall–Kier alpha value is -1.46. The molecular formula is C15H21ClN4O4S2. The van der Waals surface area contributed by atoms with Gasteiger partial charge < -0.3 is 20.6 Å². The van der Waals surface area contributed by atoms with E-state index in [1.165, 1.54) is 23.9 Å². The molecule has 0 saturated carbocycles. The van der Waals surface area contributed by atoms with Crippen LogP contribution in [0.4, 0.5) is 5.69 Å². The highest BCUT2D eigenvalue weighted by molar-refractivity contribution is 8.22. The molecule has 1 aromatic carbocycles. The summed E-state index contributed by atoms with van der Waals surface area (Å²) in [6, 6.07) is 5.54. The minimum Gasteiger partial charge on any atom is -0.394 e. The number of piperazine rings is 1. The van der Waals surface area contributed by atoms with E-state index in [4.69, 9.17) is 23.1 Å². The number of nitrogens with two attached hydrogens (primary N) is 1. The van der Waals surface area contributed by atoms with Crippen molar-refractivity contribution < 1.29 is 14.8 Å². The number of thioether (sulfide) groups is 1. The first-order valence-electron chi connectivity index (χ1n) is 7.72. The Balaban J connectivity index is 0.00000338. The fraction of sp³-hybridized carbons (Fsp3) is 0.467. The number of aliphatic hydroxyl groups is 1. The number of nitrogens with zero attached hydrogens (tertiary/aromatic N) is 3. The molecule has 1 atom stereocenters. The lowest BCUT2D eigenvalue weighted by Gasteiger charge is -2.36. The Morgan fingerprint density at radius 3 is 2.31 bits per heavy atom. The van der Waals surface area contributed by atoms with E-state index in [0.29, 0.717) is 31.9 Å². The number of thiocarbonyl (C=S) groups is 1. The normalized spacial score (nSPS) is 15.2. The molecule has 0 radical (unpaired) electrons. The molecule has 1 heterocycles. The van der Waals surface area contributed by atoms with Gasteiger partial charge in [0, 0.05) is 44.1 Å². The van der Waals surface area contributed by atoms with Crippen LogP contribution < -0.4 is 5.73 Å². The standard InChI is InChI=1S/C15H20N4O4S2.ClH/c16-13(9-20)14(21)17-5-7-18(8-6-17)15(24)25-10-11-1-3-12(4-2-11)19(22)23;/h1-4,13,20H,5-10,16H2;1H/t13-;/m0./s1. The minimum atomic E-state index is -0.866. The Morgan fingerprint density at radius 2 is 1.81 bits per heavy atom. The van der Waals surface area contributed by atoms with Gasteiger partial charge in [0.25, 0.3) is 5.69 Å². The van der Waals surface area contributed by atoms with Gasteiger partial charge in [0.2, 0.25) is 5.91 Å². The van der Waals surface area contributed by atoms with Gasteiger partial charge in [0.15, 0.2) is 0 Å². The SMILES string of the molecule is Cl.N[C@@H](CO)C(=O)N1CCN(C(=S)SCc2ccc([N+](=O)[O-])cc2)CC1. The minimum absolute atomic E-state index is 0. The van der Waals surface area contributed by atoms with E-state index in [1.54, 1.807) is 17.0 Å². The van der Waals surface area contributed by atoms with Crippen LogP contribution in [-0.4, -0.2) is 68.9 Å². The quantitative estimate of drug-likeness (QED) is 0.412. The highest BCUT2D eigenvalue weighted by atomic mass is 35.5. The van der Waals surface area contributed by atoms with Gasteiger partial charge in [-0.3, -0.25) is 14.9 Å². The number of halogens is 1. The number of rotatable bonds is 5. The van der Waals surface area contributed by atoms with Crippen LogP contribution in [-0.2, 0) is 10.5 Å². The van der Waals surface area contributed by atoms with Crippen LogP contribution in [0.2, 0.25) is 0 Å². The fourth-order valence-electron chi connectivity index (χ4n) is 2.37. The molecule has 1 fully saturated rings. The summed E-state index contributed by atoms with van der Waals surface area (Å²) in [6.45, 7) is 1.92. The van der Waals surface area contributed by atoms with Crippen LogP contribution in [0, 0.1) is 10.1 Å². The maximum absolute atomic E-state index is 11.9. The Kier molecular flexibility index (Phi) is 9.23. The maximum Gasteiger partial charge on any atom is 0.269 e. The molecule has 1 aliphatic heterocycles. The van der Waals surface area contributed by atoms with Crippen LogP contribution in [0.1, 0.15) is 5.56 Å². The molecule has 1 aliphatic rings. The van der Waals surface area contributed by atoms with Gasteiger partial charge in [-0.15, -0.1) is 12.4 Å². The summed E-state index contributed by atoms with van der Waals surface area (Å²) in [5, 5.41) is 19.6. The molecule has 144 valence electrons. The second-order valence-corrected chi connectivity index (χ2v) is 7.19. The molecule has 3 N–H and O–H groups in total. The lowest BCUT2D eigenvalue weighted by molar-refractivity contribution is -0.384. The molecule has 26 heavy (non-hydrogen) atoms. The van der Waals surface area contributed by atoms with Crippen molar-refractivity contribution in [1.29, 1.82) is 0 Å². The number of amides is 1. The van der Waals surface area contributed by atoms with E-state index in [2.05, 4.69) is 0 Å². The monoisotopic (exact) mass is 420 g/mol. The van der Waals surface area contributed by atoms with E-state index < -0.39 is 11.0 Å². The van der Waals surface area contributed by atoms with Gasteiger partial charge in [-0.2, -0.15) is 0 Å². The van der Waals surface area contributed by atoms with E-state index in [0.717, 1.165) is 9.88 Å². The zero-order chi connectivity index (χ0) is 18.4. The predicted molar refractivity (Wildman–Crippen MR) is 107 cm³/mol. The summed E-state index contributed by atoms with van der Waals surface area (Å²) in [6.07, 6.45) is 0. The van der Waals surface area contributed by atoms with Crippen molar-refractivity contribution in [2.75, 3.05) is 32.8 Å². The van der Waals surface area contributed by atoms with Crippen molar-refractivity contribution in [3.8, 4) is 0 Å². The average molecular weight is 421 g/mol. The van der Waals surface area contributed by atoms with Gasteiger partial charge in [-0.25, -0.2) is 0 Å². The number of hydrogen-bond acceptors (Lipinski definition) is 7. The van der Waals surface area contributed by atoms with Gasteiger partial charge >= 0.3 is 0 Å². The summed E-state index contributed by atoms with van der Waals surface area (Å²) < 4.78 is 0.733. The largest absolute Gasteiger partial charge is 0.394 e. The summed E-state index contributed by atoms with van der Waals surface area (Å²) in [4.78, 5) is 25.8. The Labute approximate surface area is 167 Å². The van der Waals surface area contributed by atoms with E-state index in [1.807, 2.05) is 4.90 Å². The van der Waals surface area contributed by atoms with Crippen LogP contribution in [0.25, 0.3) is 0 Å². The van der Waals surface area contributed by atoms with Crippen molar-refractivity contribution in [3.05, 3.63) is 39.9 Å². The molecule has 0 aliphatic carbocycles. The average Bonchev–Trinajstić information content (AvgIpc) is 2.65. The Bertz CT molecular complexity index is 639. The lowest BCUT2D eigenvalue weighted by Crippen LogP contribution is -2.54. The van der Waals surface area contributed by atoms with E-state index in [9.17, 15) is 14.9 Å². The molecule has 1 aromatic rings. The molecular weight excluding hydrogens is 400 g/mol. The van der Waals surface area contributed by atoms with E-state index >= 15 is 0 Å². The van der Waals surface area contributed by atoms with Gasteiger partial charge in [0.1, 0.15) is 10.4 Å². The molecule has 8 nitrogen and oxygen atoms in total. The highest BCUT2D eigenvalue weighted by Crippen LogP contribution is 2.20. The van der Waals surface area contributed by atoms with Crippen LogP contribution in [0.3, 0.4) is 0 Å². The number of carbonyl (C=O) groups is 1. The molecule has 0 aromatic heterocycles. The number of carbonyl (C=O) groups excluding carboxylic acids is 1. The second kappa shape index (κ2) is 10.6. The summed E-state index contributed by atoms with van der Waals surface area (Å²) in [5.41, 5.74) is 6.58. The zero-order valence-corrected chi connectivity index (χ0v) is 16.4. The number of benzene rings is 1. The summed E-state index contributed by atoms with van der Waals surface area (Å²) in [7, 11) is 0. The molecule has 0 spiro atoms. The van der Waals surface area contributed by atoms with Crippen LogP contribution >= 0.6 is 36.4 Å². The molecule has 11 heteroatoms. The van der Waals surface area contributed by atoms with Gasteiger partial charge in [-0.1, -0.05) is 36.1 Å². The van der Waals surface area contributed by atoms with Gasteiger partial charge in [0.05, 0.1) is 11.5 Å². The summed E-state index contributed by atoms with van der Waals surface area (Å²) in [5.74, 6) is 0.386. The van der Waals surface area contributed by atoms with Crippen molar-refractivity contribution in [2.45, 2.75) is 11.8 Å². The molecule has 0 unspecified atom stereocenters. The first-order valence-corrected chi connectivity index (χ1v) is 9.12. The molecule has 2 rings (SSSR count). The van der Waals surface area contributed by atoms with E-state index in [-0.39, 0.29) is 30.6 Å². The van der Waals surface area contributed by atoms with Crippen molar-refractivity contribution in [2.24, 2.45) is 5.73 Å². The predicted octanol–water partition coefficient (Wildman–Crippen LogP) is 0.999. The third-order valence-electron chi connectivity index (χ3n) is 3.87. The lowest BCUT2D eigenvalue weighted by atomic mass is 10.2. The third-order valence-corrected chi connectivity index (χ3v) is 5.47. The second-order valence-electron chi connectivity index (χ2n) is 5.58. The van der Waals surface area contributed by atoms with Crippen molar-refractivity contribution >= 4 is 52.3 Å². The van der Waals surface area contributed by atoms with Crippen LogP contribution in [0.5, 0.6) is 0 Å². The van der Waals surface area contributed by atoms with Crippen molar-refractivity contribution in [3.63, 3.8) is 0 Å². The van der Waals surface area contributed by atoms with Crippen molar-refractivity contribution in [1.82, 2.24) is 9.80 Å². The number of non-ortho nitro benzene ring substituents is 1. The molecule has 1 saturated heterocycles. The summed E-state index contributed by atoms with van der Waals surface area (Å²) >= 11 is 6.92. The first kappa shape index (κ1) is 22.6. The number of aliphatic hydroxyl groups excluding tert-OH is 1. The number of nitro groups is 1. The third kappa shape index (κ3) is 6.06. The number of hydrogen-bond donors (Lipinski definition) is 2.